The Morgan fingerprint density at radius 1 is 1.26 bits per heavy atom. The van der Waals surface area contributed by atoms with Crippen LogP contribution in [0.2, 0.25) is 0 Å². The molecule has 1 N–H and O–H groups in total. The lowest BCUT2D eigenvalue weighted by molar-refractivity contribution is 0.0468. The highest BCUT2D eigenvalue weighted by Gasteiger charge is 2.17. The molecule has 1 aliphatic rings. The Morgan fingerprint density at radius 2 is 2.00 bits per heavy atom. The van der Waals surface area contributed by atoms with Crippen LogP contribution in [-0.2, 0) is 19.0 Å². The van der Waals surface area contributed by atoms with E-state index < -0.39 is 10.1 Å². The molecule has 1 saturated heterocycles. The van der Waals surface area contributed by atoms with Crippen molar-refractivity contribution in [2.75, 3.05) is 26.3 Å². The molecule has 0 aliphatic carbocycles. The van der Waals surface area contributed by atoms with Crippen molar-refractivity contribution in [1.29, 1.82) is 0 Å². The summed E-state index contributed by atoms with van der Waals surface area (Å²) in [7, 11) is -3.67. The lowest BCUT2D eigenvalue weighted by atomic mass is 10.2. The van der Waals surface area contributed by atoms with Crippen molar-refractivity contribution in [3.63, 3.8) is 0 Å². The highest BCUT2D eigenvalue weighted by atomic mass is 32.2. The zero-order chi connectivity index (χ0) is 13.7. The Balaban J connectivity index is 1.79. The molecule has 1 atom stereocenters. The van der Waals surface area contributed by atoms with E-state index in [2.05, 4.69) is 5.32 Å². The van der Waals surface area contributed by atoms with E-state index >= 15 is 0 Å². The minimum atomic E-state index is -3.67. The molecule has 0 aromatic heterocycles. The summed E-state index contributed by atoms with van der Waals surface area (Å²) in [6.07, 6.45) is 1.13. The molecule has 106 valence electrons. The van der Waals surface area contributed by atoms with E-state index in [-0.39, 0.29) is 24.2 Å². The zero-order valence-corrected chi connectivity index (χ0v) is 11.8. The Hall–Kier alpha value is -0.950. The van der Waals surface area contributed by atoms with Crippen LogP contribution >= 0.6 is 0 Å². The van der Waals surface area contributed by atoms with Gasteiger partial charge in [-0.15, -0.1) is 0 Å². The van der Waals surface area contributed by atoms with E-state index in [9.17, 15) is 8.42 Å². The largest absolute Gasteiger partial charge is 0.374 e. The predicted octanol–water partition coefficient (Wildman–Crippen LogP) is 1.08. The Bertz CT molecular complexity index is 492. The lowest BCUT2D eigenvalue weighted by Gasteiger charge is -2.10. The van der Waals surface area contributed by atoms with Gasteiger partial charge in [-0.1, -0.05) is 17.7 Å². The van der Waals surface area contributed by atoms with Crippen molar-refractivity contribution in [2.45, 2.75) is 24.3 Å². The standard InChI is InChI=1S/C13H19NO4S/c1-11-2-4-13(5-3-11)19(15,16)18-9-8-17-12-6-7-14-10-12/h2-5,12,14H,6-10H2,1H3. The molecular formula is C13H19NO4S. The smallest absolute Gasteiger partial charge is 0.297 e. The van der Waals surface area contributed by atoms with Crippen LogP contribution in [-0.4, -0.2) is 40.8 Å². The van der Waals surface area contributed by atoms with Gasteiger partial charge in [0, 0.05) is 6.54 Å². The van der Waals surface area contributed by atoms with E-state index in [0.717, 1.165) is 25.1 Å². The second kappa shape index (κ2) is 6.47. The van der Waals surface area contributed by atoms with Crippen LogP contribution in [0.4, 0.5) is 0 Å². The molecule has 1 unspecified atom stereocenters. The maximum absolute atomic E-state index is 11.8. The number of benzene rings is 1. The highest BCUT2D eigenvalue weighted by Crippen LogP contribution is 2.13. The molecule has 2 rings (SSSR count). The first kappa shape index (κ1) is 14.5. The summed E-state index contributed by atoms with van der Waals surface area (Å²) < 4.78 is 34.1. The van der Waals surface area contributed by atoms with Crippen molar-refractivity contribution in [3.05, 3.63) is 29.8 Å². The number of aryl methyl sites for hydroxylation is 1. The van der Waals surface area contributed by atoms with Gasteiger partial charge >= 0.3 is 0 Å². The molecule has 1 aromatic carbocycles. The van der Waals surface area contributed by atoms with Gasteiger partial charge in [0.05, 0.1) is 24.2 Å². The molecule has 5 nitrogen and oxygen atoms in total. The molecule has 0 saturated carbocycles. The fraction of sp³-hybridized carbons (Fsp3) is 0.538. The lowest BCUT2D eigenvalue weighted by Crippen LogP contribution is -2.20. The van der Waals surface area contributed by atoms with E-state index in [1.807, 2.05) is 6.92 Å². The fourth-order valence-electron chi connectivity index (χ4n) is 1.90. The van der Waals surface area contributed by atoms with E-state index in [1.165, 1.54) is 0 Å². The van der Waals surface area contributed by atoms with Crippen LogP contribution in [0.25, 0.3) is 0 Å². The van der Waals surface area contributed by atoms with Crippen LogP contribution in [0.3, 0.4) is 0 Å². The van der Waals surface area contributed by atoms with Gasteiger partial charge in [-0.2, -0.15) is 8.42 Å². The predicted molar refractivity (Wildman–Crippen MR) is 71.5 cm³/mol. The summed E-state index contributed by atoms with van der Waals surface area (Å²) in [5.74, 6) is 0. The minimum absolute atomic E-state index is 0.0483. The molecule has 19 heavy (non-hydrogen) atoms. The van der Waals surface area contributed by atoms with Crippen molar-refractivity contribution >= 4 is 10.1 Å². The summed E-state index contributed by atoms with van der Waals surface area (Å²) in [4.78, 5) is 0.181. The monoisotopic (exact) mass is 285 g/mol. The summed E-state index contributed by atoms with van der Waals surface area (Å²) in [5, 5.41) is 3.18. The second-order valence-corrected chi connectivity index (χ2v) is 6.19. The first-order valence-corrected chi connectivity index (χ1v) is 7.77. The molecule has 1 aromatic rings. The first-order valence-electron chi connectivity index (χ1n) is 6.36. The second-order valence-electron chi connectivity index (χ2n) is 4.57. The van der Waals surface area contributed by atoms with Crippen molar-refractivity contribution in [1.82, 2.24) is 5.32 Å². The van der Waals surface area contributed by atoms with Crippen molar-refractivity contribution in [3.8, 4) is 0 Å². The molecule has 0 bridgehead atoms. The van der Waals surface area contributed by atoms with Gasteiger partial charge in [0.1, 0.15) is 0 Å². The molecule has 0 radical (unpaired) electrons. The van der Waals surface area contributed by atoms with Crippen LogP contribution < -0.4 is 5.32 Å². The van der Waals surface area contributed by atoms with Gasteiger partial charge in [0.25, 0.3) is 10.1 Å². The maximum Gasteiger partial charge on any atom is 0.297 e. The molecule has 1 fully saturated rings. The van der Waals surface area contributed by atoms with Gasteiger partial charge in [-0.25, -0.2) is 0 Å². The average Bonchev–Trinajstić information content (AvgIpc) is 2.88. The Labute approximate surface area is 114 Å². The molecule has 6 heteroatoms. The zero-order valence-electron chi connectivity index (χ0n) is 11.0. The third-order valence-electron chi connectivity index (χ3n) is 3.00. The van der Waals surface area contributed by atoms with Crippen molar-refractivity contribution < 1.29 is 17.3 Å². The van der Waals surface area contributed by atoms with E-state index in [1.54, 1.807) is 24.3 Å². The number of ether oxygens (including phenoxy) is 1. The summed E-state index contributed by atoms with van der Waals surface area (Å²) >= 11 is 0. The SMILES string of the molecule is Cc1ccc(S(=O)(=O)OCCOC2CCNC2)cc1. The summed E-state index contributed by atoms with van der Waals surface area (Å²) in [5.41, 5.74) is 1.01. The van der Waals surface area contributed by atoms with E-state index in [0.29, 0.717) is 0 Å². The number of hydrogen-bond acceptors (Lipinski definition) is 5. The molecular weight excluding hydrogens is 266 g/mol. The van der Waals surface area contributed by atoms with E-state index in [4.69, 9.17) is 8.92 Å². The molecule has 1 heterocycles. The third-order valence-corrected chi connectivity index (χ3v) is 4.33. The molecule has 0 spiro atoms. The maximum atomic E-state index is 11.8. The Kier molecular flexibility index (Phi) is 4.93. The van der Waals surface area contributed by atoms with Gasteiger partial charge in [-0.3, -0.25) is 4.18 Å². The number of hydrogen-bond donors (Lipinski definition) is 1. The van der Waals surface area contributed by atoms with Gasteiger partial charge in [0.15, 0.2) is 0 Å². The summed E-state index contributed by atoms with van der Waals surface area (Å²) in [6, 6.07) is 6.59. The van der Waals surface area contributed by atoms with Crippen LogP contribution in [0.15, 0.2) is 29.2 Å². The molecule has 1 aliphatic heterocycles. The van der Waals surface area contributed by atoms with Crippen LogP contribution in [0.5, 0.6) is 0 Å². The fourth-order valence-corrected chi connectivity index (χ4v) is 2.79. The molecule has 0 amide bonds. The van der Waals surface area contributed by atoms with Crippen molar-refractivity contribution in [2.24, 2.45) is 0 Å². The summed E-state index contributed by atoms with van der Waals surface area (Å²) in [6.45, 7) is 4.02. The van der Waals surface area contributed by atoms with Gasteiger partial charge in [-0.05, 0) is 32.0 Å². The number of rotatable bonds is 6. The van der Waals surface area contributed by atoms with Gasteiger partial charge in [0.2, 0.25) is 0 Å². The van der Waals surface area contributed by atoms with Gasteiger partial charge < -0.3 is 10.1 Å². The van der Waals surface area contributed by atoms with Crippen LogP contribution in [0.1, 0.15) is 12.0 Å². The third kappa shape index (κ3) is 4.28. The topological polar surface area (TPSA) is 64.6 Å². The quantitative estimate of drug-likeness (QED) is 0.626. The first-order chi connectivity index (χ1) is 9.08. The highest BCUT2D eigenvalue weighted by molar-refractivity contribution is 7.86. The Morgan fingerprint density at radius 3 is 2.63 bits per heavy atom. The minimum Gasteiger partial charge on any atom is -0.374 e. The normalized spacial score (nSPS) is 19.7. The number of nitrogens with one attached hydrogen (secondary N) is 1. The van der Waals surface area contributed by atoms with Crippen LogP contribution in [0, 0.1) is 6.92 Å². The average molecular weight is 285 g/mol.